The molecule has 0 bridgehead atoms. The summed E-state index contributed by atoms with van der Waals surface area (Å²) in [7, 11) is 1.53. The van der Waals surface area contributed by atoms with Gasteiger partial charge in [-0.3, -0.25) is 19.8 Å². The maximum absolute atomic E-state index is 12.9. The zero-order valence-corrected chi connectivity index (χ0v) is 15.6. The minimum atomic E-state index is -0.535. The van der Waals surface area contributed by atoms with Crippen molar-refractivity contribution in [3.63, 3.8) is 0 Å². The first-order chi connectivity index (χ1) is 12.0. The first-order valence-electron chi connectivity index (χ1n) is 7.31. The SMILES string of the molecule is COc1ccccc1/C=C1\C(=O)NC(=S)N(c2cccc(Br)c2)C1=O. The van der Waals surface area contributed by atoms with E-state index in [1.807, 2.05) is 12.1 Å². The molecule has 3 rings (SSSR count). The Kier molecular flexibility index (Phi) is 4.96. The highest BCUT2D eigenvalue weighted by molar-refractivity contribution is 9.10. The number of amides is 2. The van der Waals surface area contributed by atoms with Crippen LogP contribution in [0, 0.1) is 0 Å². The summed E-state index contributed by atoms with van der Waals surface area (Å²) in [6.07, 6.45) is 1.50. The number of nitrogens with zero attached hydrogens (tertiary/aromatic N) is 1. The summed E-state index contributed by atoms with van der Waals surface area (Å²) in [5.41, 5.74) is 1.18. The maximum Gasteiger partial charge on any atom is 0.270 e. The molecule has 0 saturated carbocycles. The van der Waals surface area contributed by atoms with Gasteiger partial charge in [0.05, 0.1) is 12.8 Å². The summed E-state index contributed by atoms with van der Waals surface area (Å²) in [5.74, 6) is -0.456. The number of para-hydroxylation sites is 1. The fourth-order valence-corrected chi connectivity index (χ4v) is 3.12. The Morgan fingerprint density at radius 2 is 1.92 bits per heavy atom. The van der Waals surface area contributed by atoms with Crippen LogP contribution in [0.1, 0.15) is 5.56 Å². The van der Waals surface area contributed by atoms with E-state index in [0.29, 0.717) is 17.0 Å². The van der Waals surface area contributed by atoms with Gasteiger partial charge in [-0.2, -0.15) is 0 Å². The number of methoxy groups -OCH3 is 1. The molecule has 0 aliphatic carbocycles. The van der Waals surface area contributed by atoms with Crippen LogP contribution in [0.2, 0.25) is 0 Å². The average molecular weight is 417 g/mol. The van der Waals surface area contributed by atoms with Crippen LogP contribution in [-0.2, 0) is 9.59 Å². The predicted octanol–water partition coefficient (Wildman–Crippen LogP) is 3.29. The van der Waals surface area contributed by atoms with Crippen molar-refractivity contribution >= 4 is 56.8 Å². The molecule has 1 heterocycles. The Balaban J connectivity index is 2.05. The van der Waals surface area contributed by atoms with Crippen molar-refractivity contribution < 1.29 is 14.3 Å². The standard InChI is InChI=1S/C18H13BrN2O3S/c1-24-15-8-3-2-5-11(15)9-14-16(22)20-18(25)21(17(14)23)13-7-4-6-12(19)10-13/h2-10H,1H3,(H,20,22,25)/b14-9+. The molecule has 0 aromatic heterocycles. The highest BCUT2D eigenvalue weighted by atomic mass is 79.9. The fraction of sp³-hybridized carbons (Fsp3) is 0.0556. The molecule has 126 valence electrons. The van der Waals surface area contributed by atoms with E-state index in [9.17, 15) is 9.59 Å². The van der Waals surface area contributed by atoms with E-state index in [4.69, 9.17) is 17.0 Å². The number of carbonyl (C=O) groups is 2. The number of thiocarbonyl (C=S) groups is 1. The Hall–Kier alpha value is -2.51. The highest BCUT2D eigenvalue weighted by Crippen LogP contribution is 2.26. The summed E-state index contributed by atoms with van der Waals surface area (Å²) in [6.45, 7) is 0. The Labute approximate surface area is 158 Å². The van der Waals surface area contributed by atoms with Gasteiger partial charge in [0.1, 0.15) is 11.3 Å². The second-order valence-electron chi connectivity index (χ2n) is 5.18. The lowest BCUT2D eigenvalue weighted by atomic mass is 10.1. The molecule has 5 nitrogen and oxygen atoms in total. The number of ether oxygens (including phenoxy) is 1. The molecule has 25 heavy (non-hydrogen) atoms. The van der Waals surface area contributed by atoms with E-state index in [2.05, 4.69) is 21.2 Å². The first kappa shape index (κ1) is 17.3. The largest absolute Gasteiger partial charge is 0.496 e. The van der Waals surface area contributed by atoms with Gasteiger partial charge in [0, 0.05) is 10.0 Å². The zero-order chi connectivity index (χ0) is 18.0. The molecule has 2 aromatic carbocycles. The number of anilines is 1. The summed E-state index contributed by atoms with van der Waals surface area (Å²) in [6, 6.07) is 14.3. The number of nitrogens with one attached hydrogen (secondary N) is 1. The lowest BCUT2D eigenvalue weighted by Crippen LogP contribution is -2.54. The van der Waals surface area contributed by atoms with E-state index >= 15 is 0 Å². The number of benzene rings is 2. The molecule has 1 aliphatic rings. The second-order valence-corrected chi connectivity index (χ2v) is 6.48. The van der Waals surface area contributed by atoms with Crippen LogP contribution in [0.15, 0.2) is 58.6 Å². The quantitative estimate of drug-likeness (QED) is 0.473. The van der Waals surface area contributed by atoms with Crippen LogP contribution in [0.3, 0.4) is 0 Å². The lowest BCUT2D eigenvalue weighted by molar-refractivity contribution is -0.122. The molecule has 1 N–H and O–H groups in total. The summed E-state index contributed by atoms with van der Waals surface area (Å²) in [4.78, 5) is 26.5. The third kappa shape index (κ3) is 3.47. The minimum absolute atomic E-state index is 0.0157. The normalized spacial score (nSPS) is 16.2. The summed E-state index contributed by atoms with van der Waals surface area (Å²) < 4.78 is 6.07. The van der Waals surface area contributed by atoms with Gasteiger partial charge >= 0.3 is 0 Å². The lowest BCUT2D eigenvalue weighted by Gasteiger charge is -2.29. The molecule has 2 aromatic rings. The van der Waals surface area contributed by atoms with Crippen LogP contribution >= 0.6 is 28.1 Å². The van der Waals surface area contributed by atoms with Crippen LogP contribution < -0.4 is 15.0 Å². The molecule has 7 heteroatoms. The topological polar surface area (TPSA) is 58.6 Å². The van der Waals surface area contributed by atoms with Gasteiger partial charge in [0.25, 0.3) is 11.8 Å². The molecule has 0 spiro atoms. The van der Waals surface area contributed by atoms with Gasteiger partial charge in [-0.05, 0) is 42.6 Å². The molecule has 1 aliphatic heterocycles. The third-order valence-electron chi connectivity index (χ3n) is 3.61. The van der Waals surface area contributed by atoms with Crippen LogP contribution in [0.25, 0.3) is 6.08 Å². The molecule has 0 unspecified atom stereocenters. The maximum atomic E-state index is 12.9. The Bertz CT molecular complexity index is 911. The van der Waals surface area contributed by atoms with E-state index in [1.54, 1.807) is 36.4 Å². The number of hydrogen-bond acceptors (Lipinski definition) is 4. The van der Waals surface area contributed by atoms with Gasteiger partial charge in [-0.15, -0.1) is 0 Å². The van der Waals surface area contributed by atoms with E-state index in [0.717, 1.165) is 4.47 Å². The molecule has 2 amide bonds. The molecular formula is C18H13BrN2O3S. The third-order valence-corrected chi connectivity index (χ3v) is 4.38. The van der Waals surface area contributed by atoms with Crippen molar-refractivity contribution in [1.29, 1.82) is 0 Å². The zero-order valence-electron chi connectivity index (χ0n) is 13.2. The molecule has 1 saturated heterocycles. The van der Waals surface area contributed by atoms with Gasteiger partial charge in [-0.1, -0.05) is 40.2 Å². The first-order valence-corrected chi connectivity index (χ1v) is 8.51. The van der Waals surface area contributed by atoms with Crippen molar-refractivity contribution in [2.45, 2.75) is 0 Å². The molecule has 1 fully saturated rings. The second kappa shape index (κ2) is 7.16. The fourth-order valence-electron chi connectivity index (χ4n) is 2.45. The van der Waals surface area contributed by atoms with Crippen molar-refractivity contribution in [3.8, 4) is 5.75 Å². The van der Waals surface area contributed by atoms with E-state index in [1.165, 1.54) is 18.1 Å². The molecular weight excluding hydrogens is 404 g/mol. The molecule has 0 radical (unpaired) electrons. The monoisotopic (exact) mass is 416 g/mol. The summed E-state index contributed by atoms with van der Waals surface area (Å²) >= 11 is 8.55. The van der Waals surface area contributed by atoms with Gasteiger partial charge < -0.3 is 4.74 Å². The average Bonchev–Trinajstić information content (AvgIpc) is 2.59. The van der Waals surface area contributed by atoms with Crippen LogP contribution in [0.5, 0.6) is 5.75 Å². The van der Waals surface area contributed by atoms with Gasteiger partial charge in [0.2, 0.25) is 0 Å². The minimum Gasteiger partial charge on any atom is -0.496 e. The van der Waals surface area contributed by atoms with E-state index in [-0.39, 0.29) is 10.7 Å². The number of rotatable bonds is 3. The Morgan fingerprint density at radius 3 is 2.64 bits per heavy atom. The van der Waals surface area contributed by atoms with Crippen molar-refractivity contribution in [1.82, 2.24) is 5.32 Å². The summed E-state index contributed by atoms with van der Waals surface area (Å²) in [5, 5.41) is 2.61. The number of hydrogen-bond donors (Lipinski definition) is 1. The van der Waals surface area contributed by atoms with E-state index < -0.39 is 11.8 Å². The van der Waals surface area contributed by atoms with Gasteiger partial charge in [-0.25, -0.2) is 0 Å². The van der Waals surface area contributed by atoms with Crippen LogP contribution in [0.4, 0.5) is 5.69 Å². The smallest absolute Gasteiger partial charge is 0.270 e. The Morgan fingerprint density at radius 1 is 1.16 bits per heavy atom. The molecule has 0 atom stereocenters. The number of carbonyl (C=O) groups excluding carboxylic acids is 2. The van der Waals surface area contributed by atoms with Crippen molar-refractivity contribution in [2.75, 3.05) is 12.0 Å². The van der Waals surface area contributed by atoms with Crippen LogP contribution in [-0.4, -0.2) is 24.0 Å². The van der Waals surface area contributed by atoms with Crippen molar-refractivity contribution in [3.05, 3.63) is 64.1 Å². The highest BCUT2D eigenvalue weighted by Gasteiger charge is 2.34. The predicted molar refractivity (Wildman–Crippen MR) is 103 cm³/mol. The van der Waals surface area contributed by atoms with Crippen molar-refractivity contribution in [2.24, 2.45) is 0 Å². The van der Waals surface area contributed by atoms with Gasteiger partial charge in [0.15, 0.2) is 5.11 Å². The number of halogens is 1.